The highest BCUT2D eigenvalue weighted by atomic mass is 16.5. The topological polar surface area (TPSA) is 118 Å². The van der Waals surface area contributed by atoms with Gasteiger partial charge in [-0.1, -0.05) is 0 Å². The number of amides is 1. The Balaban J connectivity index is 1.42. The Labute approximate surface area is 188 Å². The second kappa shape index (κ2) is 8.37. The van der Waals surface area contributed by atoms with Gasteiger partial charge in [0.1, 0.15) is 12.4 Å². The summed E-state index contributed by atoms with van der Waals surface area (Å²) in [4.78, 5) is 27.1. The number of rotatable bonds is 5. The standard InChI is InChI=1S/C22H31N7O3/c1-27-8-2-3-16(27)14-32-20-25-18-12-24-22(5-6-22)11-17(18)19(26-20)28-9-10-29(21(30)31)15(13-28)4-7-23/h15-16,24H,2-6,8-14H2,1H3,(H,30,31)/t15-,16-/m0/s1. The van der Waals surface area contributed by atoms with Crippen molar-refractivity contribution in [3.8, 4) is 12.1 Å². The predicted molar refractivity (Wildman–Crippen MR) is 117 cm³/mol. The predicted octanol–water partition coefficient (Wildman–Crippen LogP) is 1.21. The van der Waals surface area contributed by atoms with Gasteiger partial charge in [0.05, 0.1) is 24.2 Å². The first-order valence-corrected chi connectivity index (χ1v) is 11.6. The zero-order chi connectivity index (χ0) is 22.3. The average Bonchev–Trinajstić information content (AvgIpc) is 3.40. The summed E-state index contributed by atoms with van der Waals surface area (Å²) < 4.78 is 6.08. The second-order valence-electron chi connectivity index (χ2n) is 9.59. The molecule has 1 amide bonds. The van der Waals surface area contributed by atoms with E-state index >= 15 is 0 Å². The van der Waals surface area contributed by atoms with Crippen molar-refractivity contribution in [3.05, 3.63) is 11.3 Å². The number of carboxylic acid groups (broad SMARTS) is 1. The van der Waals surface area contributed by atoms with E-state index in [1.165, 1.54) is 11.3 Å². The number of ether oxygens (including phenoxy) is 1. The van der Waals surface area contributed by atoms with Crippen molar-refractivity contribution in [2.75, 3.05) is 44.7 Å². The Morgan fingerprint density at radius 3 is 2.84 bits per heavy atom. The molecule has 4 aliphatic rings. The van der Waals surface area contributed by atoms with Crippen molar-refractivity contribution >= 4 is 11.9 Å². The summed E-state index contributed by atoms with van der Waals surface area (Å²) in [6.45, 7) is 3.70. The first kappa shape index (κ1) is 21.2. The number of fused-ring (bicyclic) bond motifs is 1. The molecule has 32 heavy (non-hydrogen) atoms. The van der Waals surface area contributed by atoms with E-state index < -0.39 is 6.09 Å². The molecular formula is C22H31N7O3. The number of likely N-dealkylation sites (tertiary alicyclic amines) is 1. The summed E-state index contributed by atoms with van der Waals surface area (Å²) in [6.07, 6.45) is 4.68. The van der Waals surface area contributed by atoms with Crippen molar-refractivity contribution in [1.82, 2.24) is 25.1 Å². The van der Waals surface area contributed by atoms with E-state index in [9.17, 15) is 15.2 Å². The third kappa shape index (κ3) is 4.07. The largest absolute Gasteiger partial charge is 0.465 e. The molecule has 2 N–H and O–H groups in total. The monoisotopic (exact) mass is 441 g/mol. The van der Waals surface area contributed by atoms with Gasteiger partial charge in [-0.05, 0) is 45.7 Å². The van der Waals surface area contributed by atoms with Crippen LogP contribution in [0.15, 0.2) is 0 Å². The molecule has 0 unspecified atom stereocenters. The summed E-state index contributed by atoms with van der Waals surface area (Å²) in [5.74, 6) is 0.852. The molecule has 1 saturated carbocycles. The number of nitriles is 1. The van der Waals surface area contributed by atoms with Crippen molar-refractivity contribution in [2.24, 2.45) is 0 Å². The highest BCUT2D eigenvalue weighted by molar-refractivity contribution is 5.66. The molecular weight excluding hydrogens is 410 g/mol. The van der Waals surface area contributed by atoms with Crippen LogP contribution < -0.4 is 15.0 Å². The molecule has 3 fully saturated rings. The van der Waals surface area contributed by atoms with Crippen molar-refractivity contribution in [1.29, 1.82) is 5.26 Å². The van der Waals surface area contributed by atoms with E-state index in [1.807, 2.05) is 0 Å². The Bertz CT molecular complexity index is 929. The maximum Gasteiger partial charge on any atom is 0.407 e. The second-order valence-corrected chi connectivity index (χ2v) is 9.59. The third-order valence-corrected chi connectivity index (χ3v) is 7.48. The van der Waals surface area contributed by atoms with Crippen molar-refractivity contribution < 1.29 is 14.6 Å². The van der Waals surface area contributed by atoms with Gasteiger partial charge in [0.2, 0.25) is 0 Å². The molecule has 2 saturated heterocycles. The smallest absolute Gasteiger partial charge is 0.407 e. The number of nitrogens with one attached hydrogen (secondary N) is 1. The van der Waals surface area contributed by atoms with E-state index in [0.29, 0.717) is 44.8 Å². The van der Waals surface area contributed by atoms with Gasteiger partial charge in [-0.3, -0.25) is 0 Å². The van der Waals surface area contributed by atoms with Crippen molar-refractivity contribution in [3.63, 3.8) is 0 Å². The van der Waals surface area contributed by atoms with Crippen LogP contribution in [0.25, 0.3) is 0 Å². The van der Waals surface area contributed by atoms with Gasteiger partial charge in [0.15, 0.2) is 0 Å². The zero-order valence-electron chi connectivity index (χ0n) is 18.6. The average molecular weight is 442 g/mol. The van der Waals surface area contributed by atoms with E-state index in [1.54, 1.807) is 0 Å². The first-order chi connectivity index (χ1) is 15.5. The van der Waals surface area contributed by atoms with Crippen LogP contribution in [0.1, 0.15) is 43.4 Å². The van der Waals surface area contributed by atoms with Crippen LogP contribution >= 0.6 is 0 Å². The van der Waals surface area contributed by atoms with Gasteiger partial charge < -0.3 is 29.9 Å². The number of hydrogen-bond acceptors (Lipinski definition) is 8. The minimum absolute atomic E-state index is 0.162. The number of aromatic nitrogens is 2. The molecule has 4 heterocycles. The molecule has 0 radical (unpaired) electrons. The zero-order valence-corrected chi connectivity index (χ0v) is 18.6. The van der Waals surface area contributed by atoms with Crippen LogP contribution in [0.3, 0.4) is 0 Å². The summed E-state index contributed by atoms with van der Waals surface area (Å²) in [7, 11) is 2.12. The van der Waals surface area contributed by atoms with Gasteiger partial charge in [-0.25, -0.2) is 4.79 Å². The maximum atomic E-state index is 11.6. The van der Waals surface area contributed by atoms with Crippen LogP contribution in [0.5, 0.6) is 6.01 Å². The SMILES string of the molecule is CN1CCC[C@H]1COc1nc2c(c(N3CCN(C(=O)O)[C@@H](CC#N)C3)n1)CC1(CC1)NC2. The summed E-state index contributed by atoms with van der Waals surface area (Å²) in [5, 5.41) is 22.4. The van der Waals surface area contributed by atoms with E-state index in [-0.39, 0.29) is 18.0 Å². The Kier molecular flexibility index (Phi) is 5.55. The Morgan fingerprint density at radius 1 is 1.31 bits per heavy atom. The third-order valence-electron chi connectivity index (χ3n) is 7.48. The number of likely N-dealkylation sites (N-methyl/N-ethyl adjacent to an activating group) is 1. The van der Waals surface area contributed by atoms with Gasteiger partial charge in [-0.15, -0.1) is 0 Å². The molecule has 1 aliphatic carbocycles. The summed E-state index contributed by atoms with van der Waals surface area (Å²) >= 11 is 0. The molecule has 2 atom stereocenters. The number of carbonyl (C=O) groups is 1. The number of nitrogens with zero attached hydrogens (tertiary/aromatic N) is 6. The molecule has 1 spiro atoms. The lowest BCUT2D eigenvalue weighted by Gasteiger charge is -2.41. The van der Waals surface area contributed by atoms with Gasteiger partial charge in [0.25, 0.3) is 0 Å². The number of hydrogen-bond donors (Lipinski definition) is 2. The van der Waals surface area contributed by atoms with Gasteiger partial charge in [0, 0.05) is 43.3 Å². The Hall–Kier alpha value is -2.64. The minimum atomic E-state index is -0.972. The molecule has 0 aromatic carbocycles. The van der Waals surface area contributed by atoms with Crippen LogP contribution in [-0.4, -0.2) is 88.4 Å². The van der Waals surface area contributed by atoms with Crippen molar-refractivity contribution in [2.45, 2.75) is 62.7 Å². The first-order valence-electron chi connectivity index (χ1n) is 11.6. The van der Waals surface area contributed by atoms with E-state index in [4.69, 9.17) is 14.7 Å². The fourth-order valence-electron chi connectivity index (χ4n) is 5.27. The lowest BCUT2D eigenvalue weighted by molar-refractivity contribution is 0.119. The molecule has 5 rings (SSSR count). The van der Waals surface area contributed by atoms with E-state index in [2.05, 4.69) is 28.2 Å². The molecule has 1 aromatic heterocycles. The van der Waals surface area contributed by atoms with Gasteiger partial charge >= 0.3 is 12.1 Å². The van der Waals surface area contributed by atoms with Crippen LogP contribution in [0.4, 0.5) is 10.6 Å². The molecule has 0 bridgehead atoms. The fourth-order valence-corrected chi connectivity index (χ4v) is 5.27. The summed E-state index contributed by atoms with van der Waals surface area (Å²) in [5.41, 5.74) is 2.28. The minimum Gasteiger partial charge on any atom is -0.465 e. The molecule has 1 aromatic rings. The number of anilines is 1. The molecule has 10 nitrogen and oxygen atoms in total. The highest BCUT2D eigenvalue weighted by Crippen LogP contribution is 2.44. The van der Waals surface area contributed by atoms with Crippen LogP contribution in [0.2, 0.25) is 0 Å². The lowest BCUT2D eigenvalue weighted by Crippen LogP contribution is -2.55. The fraction of sp³-hybridized carbons (Fsp3) is 0.727. The normalized spacial score (nSPS) is 26.6. The highest BCUT2D eigenvalue weighted by Gasteiger charge is 2.46. The van der Waals surface area contributed by atoms with Crippen LogP contribution in [0, 0.1) is 11.3 Å². The van der Waals surface area contributed by atoms with E-state index in [0.717, 1.165) is 49.3 Å². The molecule has 172 valence electrons. The Morgan fingerprint density at radius 2 is 2.16 bits per heavy atom. The summed E-state index contributed by atoms with van der Waals surface area (Å²) in [6, 6.07) is 2.55. The maximum absolute atomic E-state index is 11.6. The quantitative estimate of drug-likeness (QED) is 0.695. The number of piperazine rings is 1. The van der Waals surface area contributed by atoms with Gasteiger partial charge in [-0.2, -0.15) is 15.2 Å². The van der Waals surface area contributed by atoms with Crippen LogP contribution in [-0.2, 0) is 13.0 Å². The molecule has 3 aliphatic heterocycles. The molecule has 10 heteroatoms. The lowest BCUT2D eigenvalue weighted by atomic mass is 9.97.